The van der Waals surface area contributed by atoms with Crippen LogP contribution >= 0.6 is 11.8 Å². The predicted octanol–water partition coefficient (Wildman–Crippen LogP) is 2.88. The summed E-state index contributed by atoms with van der Waals surface area (Å²) in [5.74, 6) is 1.77. The van der Waals surface area contributed by atoms with Gasteiger partial charge in [0.1, 0.15) is 18.1 Å². The maximum atomic E-state index is 12.4. The van der Waals surface area contributed by atoms with Gasteiger partial charge in [-0.05, 0) is 48.5 Å². The van der Waals surface area contributed by atoms with E-state index in [9.17, 15) is 13.2 Å². The fourth-order valence-electron chi connectivity index (χ4n) is 2.97. The van der Waals surface area contributed by atoms with E-state index in [0.29, 0.717) is 34.7 Å². The normalized spacial score (nSPS) is 11.3. The Balaban J connectivity index is 1.42. The van der Waals surface area contributed by atoms with Crippen LogP contribution < -0.4 is 15.2 Å². The molecule has 0 unspecified atom stereocenters. The monoisotopic (exact) mass is 499 g/mol. The van der Waals surface area contributed by atoms with Gasteiger partial charge in [0.2, 0.25) is 15.9 Å². The summed E-state index contributed by atoms with van der Waals surface area (Å²) in [4.78, 5) is 12.4. The van der Waals surface area contributed by atoms with Crippen LogP contribution in [-0.4, -0.2) is 34.8 Å². The fourth-order valence-corrected chi connectivity index (χ4v) is 4.24. The minimum absolute atomic E-state index is 0.0313. The van der Waals surface area contributed by atoms with E-state index in [0.717, 1.165) is 0 Å². The zero-order chi connectivity index (χ0) is 24.0. The number of benzene rings is 2. The number of aromatic nitrogens is 3. The number of amides is 1. The lowest BCUT2D eigenvalue weighted by molar-refractivity contribution is -0.113. The molecule has 0 spiro atoms. The SMILES string of the molecule is NS(=O)(=O)c1ccc(NC(=O)CSc2nnc(COc3ccccc3)n2Cc2ccco2)cc1. The van der Waals surface area contributed by atoms with Crippen LogP contribution in [0, 0.1) is 0 Å². The molecule has 0 saturated heterocycles. The van der Waals surface area contributed by atoms with Crippen molar-refractivity contribution in [3.05, 3.63) is 84.6 Å². The number of carbonyl (C=O) groups excluding carboxylic acids is 1. The second-order valence-corrected chi connectivity index (χ2v) is 9.58. The quantitative estimate of drug-likeness (QED) is 0.317. The zero-order valence-electron chi connectivity index (χ0n) is 17.8. The van der Waals surface area contributed by atoms with Gasteiger partial charge in [-0.2, -0.15) is 0 Å². The first-order valence-electron chi connectivity index (χ1n) is 10.1. The Hall–Kier alpha value is -3.61. The minimum Gasteiger partial charge on any atom is -0.486 e. The molecule has 12 heteroatoms. The van der Waals surface area contributed by atoms with Crippen LogP contribution in [-0.2, 0) is 28.0 Å². The van der Waals surface area contributed by atoms with Crippen molar-refractivity contribution in [1.29, 1.82) is 0 Å². The molecule has 0 aliphatic carbocycles. The van der Waals surface area contributed by atoms with Gasteiger partial charge in [-0.3, -0.25) is 9.36 Å². The predicted molar refractivity (Wildman–Crippen MR) is 126 cm³/mol. The molecular formula is C22H21N5O5S2. The summed E-state index contributed by atoms with van der Waals surface area (Å²) < 4.78 is 35.8. The second kappa shape index (κ2) is 10.5. The number of rotatable bonds is 10. The third-order valence-electron chi connectivity index (χ3n) is 4.60. The zero-order valence-corrected chi connectivity index (χ0v) is 19.5. The van der Waals surface area contributed by atoms with Crippen LogP contribution in [0.3, 0.4) is 0 Å². The van der Waals surface area contributed by atoms with Crippen molar-refractivity contribution in [3.8, 4) is 5.75 Å². The Morgan fingerprint density at radius 1 is 1.06 bits per heavy atom. The highest BCUT2D eigenvalue weighted by molar-refractivity contribution is 7.99. The molecule has 0 saturated carbocycles. The molecule has 1 amide bonds. The molecule has 4 aromatic rings. The third kappa shape index (κ3) is 6.25. The van der Waals surface area contributed by atoms with Crippen molar-refractivity contribution in [2.45, 2.75) is 23.2 Å². The van der Waals surface area contributed by atoms with Gasteiger partial charge < -0.3 is 14.5 Å². The molecule has 0 fully saturated rings. The Morgan fingerprint density at radius 3 is 2.50 bits per heavy atom. The molecule has 0 aliphatic rings. The number of anilines is 1. The molecule has 176 valence electrons. The van der Waals surface area contributed by atoms with Gasteiger partial charge >= 0.3 is 0 Å². The smallest absolute Gasteiger partial charge is 0.238 e. The molecule has 10 nitrogen and oxygen atoms in total. The number of nitrogens with two attached hydrogens (primary N) is 1. The van der Waals surface area contributed by atoms with E-state index in [2.05, 4.69) is 15.5 Å². The summed E-state index contributed by atoms with van der Waals surface area (Å²) in [6.07, 6.45) is 1.58. The summed E-state index contributed by atoms with van der Waals surface area (Å²) in [6.45, 7) is 0.577. The van der Waals surface area contributed by atoms with Crippen molar-refractivity contribution in [3.63, 3.8) is 0 Å². The van der Waals surface area contributed by atoms with Gasteiger partial charge in [-0.1, -0.05) is 30.0 Å². The van der Waals surface area contributed by atoms with E-state index in [1.165, 1.54) is 36.0 Å². The first-order valence-corrected chi connectivity index (χ1v) is 12.6. The van der Waals surface area contributed by atoms with Gasteiger partial charge in [-0.25, -0.2) is 13.6 Å². The molecule has 0 aliphatic heterocycles. The number of primary sulfonamides is 1. The van der Waals surface area contributed by atoms with Crippen LogP contribution in [0.1, 0.15) is 11.6 Å². The first-order chi connectivity index (χ1) is 16.4. The maximum absolute atomic E-state index is 12.4. The Morgan fingerprint density at radius 2 is 1.82 bits per heavy atom. The van der Waals surface area contributed by atoms with Crippen molar-refractivity contribution in [1.82, 2.24) is 14.8 Å². The van der Waals surface area contributed by atoms with Crippen LogP contribution in [0.4, 0.5) is 5.69 Å². The van der Waals surface area contributed by atoms with E-state index >= 15 is 0 Å². The van der Waals surface area contributed by atoms with Gasteiger partial charge in [0.05, 0.1) is 23.5 Å². The summed E-state index contributed by atoms with van der Waals surface area (Å²) >= 11 is 1.21. The molecule has 0 atom stereocenters. The number of carbonyl (C=O) groups is 1. The Kier molecular flexibility index (Phi) is 7.30. The third-order valence-corrected chi connectivity index (χ3v) is 6.49. The number of thioether (sulfide) groups is 1. The minimum atomic E-state index is -3.79. The number of furan rings is 1. The highest BCUT2D eigenvalue weighted by Crippen LogP contribution is 2.21. The van der Waals surface area contributed by atoms with Crippen LogP contribution in [0.5, 0.6) is 5.75 Å². The highest BCUT2D eigenvalue weighted by atomic mass is 32.2. The number of ether oxygens (including phenoxy) is 1. The first kappa shape index (κ1) is 23.5. The van der Waals surface area contributed by atoms with E-state index in [-0.39, 0.29) is 23.2 Å². The summed E-state index contributed by atoms with van der Waals surface area (Å²) in [5.41, 5.74) is 0.451. The van der Waals surface area contributed by atoms with Crippen molar-refractivity contribution < 1.29 is 22.4 Å². The number of sulfonamides is 1. The molecule has 2 aromatic heterocycles. The van der Waals surface area contributed by atoms with Gasteiger partial charge in [-0.15, -0.1) is 10.2 Å². The standard InChI is InChI=1S/C22H21N5O5S2/c23-34(29,30)19-10-8-16(9-11-19)24-21(28)15-33-22-26-25-20(14-32-17-5-2-1-3-6-17)27(22)13-18-7-4-12-31-18/h1-12H,13-15H2,(H,24,28)(H2,23,29,30). The molecule has 0 radical (unpaired) electrons. The van der Waals surface area contributed by atoms with Gasteiger partial charge in [0.25, 0.3) is 0 Å². The largest absolute Gasteiger partial charge is 0.486 e. The van der Waals surface area contributed by atoms with Crippen molar-refractivity contribution >= 4 is 33.4 Å². The molecule has 4 rings (SSSR count). The summed E-state index contributed by atoms with van der Waals surface area (Å²) in [7, 11) is -3.79. The van der Waals surface area contributed by atoms with E-state index in [4.69, 9.17) is 14.3 Å². The van der Waals surface area contributed by atoms with Crippen molar-refractivity contribution in [2.24, 2.45) is 5.14 Å². The highest BCUT2D eigenvalue weighted by Gasteiger charge is 2.17. The number of hydrogen-bond acceptors (Lipinski definition) is 8. The van der Waals surface area contributed by atoms with Gasteiger partial charge in [0.15, 0.2) is 11.0 Å². The Labute approximate surface area is 200 Å². The molecule has 2 heterocycles. The molecular weight excluding hydrogens is 478 g/mol. The molecule has 0 bridgehead atoms. The Bertz CT molecular complexity index is 1340. The molecule has 2 aromatic carbocycles. The van der Waals surface area contributed by atoms with Crippen LogP contribution in [0.25, 0.3) is 0 Å². The maximum Gasteiger partial charge on any atom is 0.238 e. The number of nitrogens with one attached hydrogen (secondary N) is 1. The summed E-state index contributed by atoms with van der Waals surface area (Å²) in [6, 6.07) is 18.6. The summed E-state index contributed by atoms with van der Waals surface area (Å²) in [5, 5.41) is 16.8. The topological polar surface area (TPSA) is 142 Å². The van der Waals surface area contributed by atoms with Crippen LogP contribution in [0.2, 0.25) is 0 Å². The van der Waals surface area contributed by atoms with E-state index in [1.54, 1.807) is 12.3 Å². The second-order valence-electron chi connectivity index (χ2n) is 7.07. The molecule has 3 N–H and O–H groups in total. The number of para-hydroxylation sites is 1. The number of hydrogen-bond donors (Lipinski definition) is 2. The number of nitrogens with zero attached hydrogens (tertiary/aromatic N) is 3. The van der Waals surface area contributed by atoms with Crippen LogP contribution in [0.15, 0.2) is 87.5 Å². The molecule has 34 heavy (non-hydrogen) atoms. The lowest BCUT2D eigenvalue weighted by Crippen LogP contribution is -2.16. The van der Waals surface area contributed by atoms with E-state index in [1.807, 2.05) is 41.0 Å². The van der Waals surface area contributed by atoms with Gasteiger partial charge in [0, 0.05) is 5.69 Å². The fraction of sp³-hybridized carbons (Fsp3) is 0.136. The van der Waals surface area contributed by atoms with E-state index < -0.39 is 10.0 Å². The lowest BCUT2D eigenvalue weighted by atomic mass is 10.3. The average Bonchev–Trinajstić information content (AvgIpc) is 3.47. The lowest BCUT2D eigenvalue weighted by Gasteiger charge is -2.10. The van der Waals surface area contributed by atoms with Crippen molar-refractivity contribution in [2.75, 3.05) is 11.1 Å². The average molecular weight is 500 g/mol.